The van der Waals surface area contributed by atoms with E-state index in [0.717, 1.165) is 12.1 Å². The third-order valence-corrected chi connectivity index (χ3v) is 4.11. The Balaban J connectivity index is 2.30. The number of benzene rings is 2. The molecule has 0 aliphatic carbocycles. The normalized spacial score (nSPS) is 11.3. The number of anilines is 2. The van der Waals surface area contributed by atoms with Crippen molar-refractivity contribution in [3.8, 4) is 0 Å². The third kappa shape index (κ3) is 3.15. The topological polar surface area (TPSA) is 72.2 Å². The van der Waals surface area contributed by atoms with E-state index < -0.39 is 15.8 Å². The van der Waals surface area contributed by atoms with Crippen molar-refractivity contribution in [3.05, 3.63) is 53.3 Å². The molecule has 0 radical (unpaired) electrons. The van der Waals surface area contributed by atoms with Crippen molar-refractivity contribution in [2.45, 2.75) is 4.90 Å². The second-order valence-electron chi connectivity index (χ2n) is 3.80. The monoisotopic (exact) mass is 300 g/mol. The summed E-state index contributed by atoms with van der Waals surface area (Å²) >= 11 is 5.74. The molecule has 0 aliphatic rings. The maximum atomic E-state index is 12.8. The average molecular weight is 301 g/mol. The SMILES string of the molecule is Nc1cc(NS(=O)(=O)c2ccc(F)cc2)ccc1Cl. The molecule has 4 nitrogen and oxygen atoms in total. The van der Waals surface area contributed by atoms with Crippen LogP contribution in [0.2, 0.25) is 5.02 Å². The molecule has 3 N–H and O–H groups in total. The molecule has 0 bridgehead atoms. The van der Waals surface area contributed by atoms with Crippen LogP contribution in [0.25, 0.3) is 0 Å². The molecule has 0 aliphatic heterocycles. The molecule has 0 heterocycles. The van der Waals surface area contributed by atoms with Gasteiger partial charge in [0, 0.05) is 0 Å². The molecule has 0 aromatic heterocycles. The minimum Gasteiger partial charge on any atom is -0.397 e. The van der Waals surface area contributed by atoms with E-state index in [1.807, 2.05) is 0 Å². The summed E-state index contributed by atoms with van der Waals surface area (Å²) in [6.07, 6.45) is 0. The Morgan fingerprint density at radius 3 is 2.32 bits per heavy atom. The van der Waals surface area contributed by atoms with Crippen molar-refractivity contribution in [2.24, 2.45) is 0 Å². The fraction of sp³-hybridized carbons (Fsp3) is 0. The minimum absolute atomic E-state index is 0.0394. The van der Waals surface area contributed by atoms with E-state index >= 15 is 0 Å². The van der Waals surface area contributed by atoms with Gasteiger partial charge in [-0.15, -0.1) is 0 Å². The summed E-state index contributed by atoms with van der Waals surface area (Å²) in [7, 11) is -3.78. The molecule has 0 saturated carbocycles. The standard InChI is InChI=1S/C12H10ClFN2O2S/c13-11-6-3-9(7-12(11)15)16-19(17,18)10-4-1-8(14)2-5-10/h1-7,16H,15H2. The third-order valence-electron chi connectivity index (χ3n) is 2.37. The lowest BCUT2D eigenvalue weighted by atomic mass is 10.3. The first-order valence-electron chi connectivity index (χ1n) is 5.22. The quantitative estimate of drug-likeness (QED) is 0.856. The largest absolute Gasteiger partial charge is 0.397 e. The molecule has 7 heteroatoms. The number of sulfonamides is 1. The Hall–Kier alpha value is -1.79. The molecule has 19 heavy (non-hydrogen) atoms. The van der Waals surface area contributed by atoms with Crippen LogP contribution >= 0.6 is 11.6 Å². The van der Waals surface area contributed by atoms with E-state index in [4.69, 9.17) is 17.3 Å². The van der Waals surface area contributed by atoms with Gasteiger partial charge in [-0.3, -0.25) is 4.72 Å². The minimum atomic E-state index is -3.78. The molecule has 0 amide bonds. The summed E-state index contributed by atoms with van der Waals surface area (Å²) < 4.78 is 39.1. The predicted octanol–water partition coefficient (Wildman–Crippen LogP) is 2.86. The molecule has 0 spiro atoms. The first-order chi connectivity index (χ1) is 8.88. The zero-order valence-electron chi connectivity index (χ0n) is 9.60. The fourth-order valence-electron chi connectivity index (χ4n) is 1.44. The van der Waals surface area contributed by atoms with E-state index in [0.29, 0.717) is 5.02 Å². The van der Waals surface area contributed by atoms with Crippen molar-refractivity contribution in [1.82, 2.24) is 0 Å². The Morgan fingerprint density at radius 1 is 1.11 bits per heavy atom. The van der Waals surface area contributed by atoms with Gasteiger partial charge in [0.15, 0.2) is 0 Å². The Bertz CT molecular complexity index is 702. The molecule has 2 rings (SSSR count). The van der Waals surface area contributed by atoms with Gasteiger partial charge in [-0.2, -0.15) is 0 Å². The highest BCUT2D eigenvalue weighted by molar-refractivity contribution is 7.92. The van der Waals surface area contributed by atoms with Crippen molar-refractivity contribution in [3.63, 3.8) is 0 Å². The van der Waals surface area contributed by atoms with Crippen LogP contribution in [0.1, 0.15) is 0 Å². The van der Waals surface area contributed by atoms with Crippen molar-refractivity contribution in [2.75, 3.05) is 10.5 Å². The van der Waals surface area contributed by atoms with Gasteiger partial charge in [-0.25, -0.2) is 12.8 Å². The fourth-order valence-corrected chi connectivity index (χ4v) is 2.60. The first kappa shape index (κ1) is 13.6. The molecule has 0 unspecified atom stereocenters. The van der Waals surface area contributed by atoms with Gasteiger partial charge >= 0.3 is 0 Å². The van der Waals surface area contributed by atoms with E-state index in [9.17, 15) is 12.8 Å². The molecule has 0 fully saturated rings. The van der Waals surface area contributed by atoms with Crippen molar-refractivity contribution < 1.29 is 12.8 Å². The second kappa shape index (κ2) is 5.07. The van der Waals surface area contributed by atoms with Crippen LogP contribution < -0.4 is 10.5 Å². The lowest BCUT2D eigenvalue weighted by Gasteiger charge is -2.09. The summed E-state index contributed by atoms with van der Waals surface area (Å²) in [5, 5.41) is 0.338. The molecule has 100 valence electrons. The van der Waals surface area contributed by atoms with Crippen molar-refractivity contribution in [1.29, 1.82) is 0 Å². The smallest absolute Gasteiger partial charge is 0.261 e. The van der Waals surface area contributed by atoms with Crippen LogP contribution in [0.4, 0.5) is 15.8 Å². The van der Waals surface area contributed by atoms with Crippen LogP contribution in [0.5, 0.6) is 0 Å². The van der Waals surface area contributed by atoms with Crippen LogP contribution in [0.15, 0.2) is 47.4 Å². The lowest BCUT2D eigenvalue weighted by Crippen LogP contribution is -2.13. The number of halogens is 2. The summed E-state index contributed by atoms with van der Waals surface area (Å²) in [4.78, 5) is -0.0394. The van der Waals surface area contributed by atoms with E-state index in [1.165, 1.54) is 30.3 Å². The van der Waals surface area contributed by atoms with Crippen LogP contribution in [0.3, 0.4) is 0 Å². The Morgan fingerprint density at radius 2 is 1.74 bits per heavy atom. The average Bonchev–Trinajstić information content (AvgIpc) is 2.34. The van der Waals surface area contributed by atoms with E-state index in [-0.39, 0.29) is 16.3 Å². The predicted molar refractivity (Wildman–Crippen MR) is 73.1 cm³/mol. The molecule has 0 atom stereocenters. The Labute approximate surface area is 115 Å². The van der Waals surface area contributed by atoms with Gasteiger partial charge in [-0.05, 0) is 42.5 Å². The molecule has 0 saturated heterocycles. The summed E-state index contributed by atoms with van der Waals surface area (Å²) in [6.45, 7) is 0. The summed E-state index contributed by atoms with van der Waals surface area (Å²) in [6, 6.07) is 8.88. The van der Waals surface area contributed by atoms with Gasteiger partial charge in [0.2, 0.25) is 0 Å². The maximum Gasteiger partial charge on any atom is 0.261 e. The van der Waals surface area contributed by atoms with Gasteiger partial charge in [0.1, 0.15) is 5.82 Å². The highest BCUT2D eigenvalue weighted by Gasteiger charge is 2.14. The van der Waals surface area contributed by atoms with Crippen LogP contribution in [0, 0.1) is 5.82 Å². The summed E-state index contributed by atoms with van der Waals surface area (Å²) in [5.74, 6) is -0.505. The lowest BCUT2D eigenvalue weighted by molar-refractivity contribution is 0.599. The maximum absolute atomic E-state index is 12.8. The number of rotatable bonds is 3. The van der Waals surface area contributed by atoms with E-state index in [2.05, 4.69) is 4.72 Å². The molecule has 2 aromatic carbocycles. The number of hydrogen-bond donors (Lipinski definition) is 2. The molecular formula is C12H10ClFN2O2S. The number of nitrogens with one attached hydrogen (secondary N) is 1. The zero-order valence-corrected chi connectivity index (χ0v) is 11.2. The van der Waals surface area contributed by atoms with E-state index in [1.54, 1.807) is 0 Å². The first-order valence-corrected chi connectivity index (χ1v) is 7.08. The van der Waals surface area contributed by atoms with Gasteiger partial charge < -0.3 is 5.73 Å². The van der Waals surface area contributed by atoms with Crippen molar-refractivity contribution >= 4 is 33.0 Å². The number of nitrogen functional groups attached to an aromatic ring is 1. The summed E-state index contributed by atoms with van der Waals surface area (Å²) in [5.41, 5.74) is 6.13. The zero-order chi connectivity index (χ0) is 14.0. The number of hydrogen-bond acceptors (Lipinski definition) is 3. The highest BCUT2D eigenvalue weighted by Crippen LogP contribution is 2.24. The molecular weight excluding hydrogens is 291 g/mol. The van der Waals surface area contributed by atoms with Crippen LogP contribution in [-0.4, -0.2) is 8.42 Å². The van der Waals surface area contributed by atoms with Gasteiger partial charge in [0.25, 0.3) is 10.0 Å². The Kier molecular flexibility index (Phi) is 3.64. The molecule has 2 aromatic rings. The van der Waals surface area contributed by atoms with Gasteiger partial charge in [0.05, 0.1) is 21.3 Å². The van der Waals surface area contributed by atoms with Gasteiger partial charge in [-0.1, -0.05) is 11.6 Å². The second-order valence-corrected chi connectivity index (χ2v) is 5.89. The highest BCUT2D eigenvalue weighted by atomic mass is 35.5. The number of nitrogens with two attached hydrogens (primary N) is 1. The van der Waals surface area contributed by atoms with Crippen LogP contribution in [-0.2, 0) is 10.0 Å².